The van der Waals surface area contributed by atoms with Crippen LogP contribution in [0.15, 0.2) is 12.4 Å². The van der Waals surface area contributed by atoms with Crippen LogP contribution in [0.3, 0.4) is 0 Å². The first-order chi connectivity index (χ1) is 6.70. The summed E-state index contributed by atoms with van der Waals surface area (Å²) in [6, 6.07) is 0. The highest BCUT2D eigenvalue weighted by molar-refractivity contribution is 5.57. The summed E-state index contributed by atoms with van der Waals surface area (Å²) in [6.07, 6.45) is 5.61. The van der Waals surface area contributed by atoms with Crippen LogP contribution in [0.4, 0.5) is 5.82 Å². The molecule has 14 heavy (non-hydrogen) atoms. The van der Waals surface area contributed by atoms with E-state index in [4.69, 9.17) is 0 Å². The van der Waals surface area contributed by atoms with E-state index in [1.807, 2.05) is 26.1 Å². The van der Waals surface area contributed by atoms with E-state index in [0.717, 1.165) is 23.6 Å². The molecule has 0 bridgehead atoms. The zero-order valence-corrected chi connectivity index (χ0v) is 9.28. The fourth-order valence-electron chi connectivity index (χ4n) is 1.31. The smallest absolute Gasteiger partial charge is 0.135 e. The van der Waals surface area contributed by atoms with Crippen LogP contribution >= 0.6 is 0 Å². The molecule has 0 aromatic carbocycles. The summed E-state index contributed by atoms with van der Waals surface area (Å²) in [5.74, 6) is 1.01. The van der Waals surface area contributed by atoms with Gasteiger partial charge in [0.25, 0.3) is 0 Å². The Balaban J connectivity index is 3.13. The molecule has 76 valence electrons. The minimum Gasteiger partial charge on any atom is -0.360 e. The van der Waals surface area contributed by atoms with Gasteiger partial charge in [-0.1, -0.05) is 6.08 Å². The molecule has 3 heteroatoms. The lowest BCUT2D eigenvalue weighted by molar-refractivity contribution is 0.915. The van der Waals surface area contributed by atoms with Gasteiger partial charge in [-0.25, -0.2) is 9.97 Å². The summed E-state index contributed by atoms with van der Waals surface area (Å²) >= 11 is 0. The van der Waals surface area contributed by atoms with Crippen molar-refractivity contribution in [2.75, 3.05) is 18.5 Å². The number of hydrogen-bond acceptors (Lipinski definition) is 3. The molecule has 0 N–H and O–H groups in total. The lowest BCUT2D eigenvalue weighted by Gasteiger charge is -2.18. The molecule has 1 rings (SSSR count). The van der Waals surface area contributed by atoms with Crippen LogP contribution in [-0.4, -0.2) is 23.6 Å². The van der Waals surface area contributed by atoms with Crippen molar-refractivity contribution in [2.45, 2.75) is 20.8 Å². The minimum atomic E-state index is 0.952. The summed E-state index contributed by atoms with van der Waals surface area (Å²) in [5.41, 5.74) is 2.13. The Bertz CT molecular complexity index is 331. The third-order valence-corrected chi connectivity index (χ3v) is 2.26. The Kier molecular flexibility index (Phi) is 3.63. The van der Waals surface area contributed by atoms with Gasteiger partial charge in [0.05, 0.1) is 5.69 Å². The van der Waals surface area contributed by atoms with Gasteiger partial charge in [-0.2, -0.15) is 0 Å². The van der Waals surface area contributed by atoms with Gasteiger partial charge in [0, 0.05) is 19.2 Å². The van der Waals surface area contributed by atoms with Crippen LogP contribution in [0.1, 0.15) is 25.1 Å². The van der Waals surface area contributed by atoms with Crippen molar-refractivity contribution in [3.8, 4) is 0 Å². The molecule has 0 unspecified atom stereocenters. The Morgan fingerprint density at radius 3 is 2.71 bits per heavy atom. The van der Waals surface area contributed by atoms with Gasteiger partial charge in [0.1, 0.15) is 12.1 Å². The molecule has 0 fully saturated rings. The Morgan fingerprint density at radius 1 is 1.43 bits per heavy atom. The fraction of sp³-hybridized carbons (Fsp3) is 0.455. The second-order valence-electron chi connectivity index (χ2n) is 3.22. The molecule has 1 heterocycles. The number of hydrogen-bond donors (Lipinski definition) is 0. The number of nitrogens with zero attached hydrogens (tertiary/aromatic N) is 3. The Morgan fingerprint density at radius 2 is 2.14 bits per heavy atom. The lowest BCUT2D eigenvalue weighted by atomic mass is 10.2. The molecule has 0 atom stereocenters. The van der Waals surface area contributed by atoms with Gasteiger partial charge in [0.2, 0.25) is 0 Å². The highest BCUT2D eigenvalue weighted by Gasteiger charge is 2.07. The SMILES string of the molecule is C/C=C\c1ncnc(N(C)CC)c1C. The van der Waals surface area contributed by atoms with E-state index in [2.05, 4.69) is 28.7 Å². The van der Waals surface area contributed by atoms with Gasteiger partial charge in [0.15, 0.2) is 0 Å². The second-order valence-corrected chi connectivity index (χ2v) is 3.22. The molecule has 0 saturated heterocycles. The van der Waals surface area contributed by atoms with Crippen LogP contribution in [0.25, 0.3) is 6.08 Å². The van der Waals surface area contributed by atoms with Gasteiger partial charge in [-0.15, -0.1) is 0 Å². The predicted octanol–water partition coefficient (Wildman–Crippen LogP) is 2.27. The normalized spacial score (nSPS) is 10.9. The van der Waals surface area contributed by atoms with E-state index in [-0.39, 0.29) is 0 Å². The molecule has 1 aromatic rings. The number of anilines is 1. The van der Waals surface area contributed by atoms with Gasteiger partial charge >= 0.3 is 0 Å². The molecule has 0 saturated carbocycles. The monoisotopic (exact) mass is 191 g/mol. The van der Waals surface area contributed by atoms with Crippen molar-refractivity contribution in [1.82, 2.24) is 9.97 Å². The first kappa shape index (κ1) is 10.7. The Labute approximate surface area is 85.5 Å². The van der Waals surface area contributed by atoms with E-state index in [1.54, 1.807) is 6.33 Å². The van der Waals surface area contributed by atoms with Crippen molar-refractivity contribution in [3.63, 3.8) is 0 Å². The molecule has 0 radical (unpaired) electrons. The summed E-state index contributed by atoms with van der Waals surface area (Å²) in [4.78, 5) is 10.6. The standard InChI is InChI=1S/C11H17N3/c1-5-7-10-9(3)11(13-8-12-10)14(4)6-2/h5,7-8H,6H2,1-4H3/b7-5-. The largest absolute Gasteiger partial charge is 0.360 e. The number of allylic oxidation sites excluding steroid dienone is 1. The number of rotatable bonds is 3. The van der Waals surface area contributed by atoms with E-state index < -0.39 is 0 Å². The zero-order chi connectivity index (χ0) is 10.6. The van der Waals surface area contributed by atoms with Crippen LogP contribution < -0.4 is 4.90 Å². The van der Waals surface area contributed by atoms with Crippen molar-refractivity contribution >= 4 is 11.9 Å². The molecule has 0 aliphatic rings. The maximum absolute atomic E-state index is 4.27. The molecular formula is C11H17N3. The minimum absolute atomic E-state index is 0.952. The summed E-state index contributed by atoms with van der Waals surface area (Å²) in [6.45, 7) is 7.10. The first-order valence-corrected chi connectivity index (χ1v) is 4.86. The second kappa shape index (κ2) is 4.74. The van der Waals surface area contributed by atoms with Crippen molar-refractivity contribution < 1.29 is 0 Å². The molecule has 3 nitrogen and oxygen atoms in total. The third kappa shape index (κ3) is 2.10. The van der Waals surface area contributed by atoms with Crippen LogP contribution in [0.2, 0.25) is 0 Å². The van der Waals surface area contributed by atoms with Crippen LogP contribution in [-0.2, 0) is 0 Å². The third-order valence-electron chi connectivity index (χ3n) is 2.26. The molecular weight excluding hydrogens is 174 g/mol. The van der Waals surface area contributed by atoms with E-state index in [9.17, 15) is 0 Å². The topological polar surface area (TPSA) is 29.0 Å². The quantitative estimate of drug-likeness (QED) is 0.734. The maximum atomic E-state index is 4.27. The Hall–Kier alpha value is -1.38. The summed E-state index contributed by atoms with van der Waals surface area (Å²) in [5, 5.41) is 0. The van der Waals surface area contributed by atoms with Gasteiger partial charge < -0.3 is 4.90 Å². The molecule has 0 spiro atoms. The van der Waals surface area contributed by atoms with Crippen molar-refractivity contribution in [2.24, 2.45) is 0 Å². The van der Waals surface area contributed by atoms with Crippen LogP contribution in [0, 0.1) is 6.92 Å². The summed E-state index contributed by atoms with van der Waals surface area (Å²) < 4.78 is 0. The highest BCUT2D eigenvalue weighted by Crippen LogP contribution is 2.17. The highest BCUT2D eigenvalue weighted by atomic mass is 15.2. The average molecular weight is 191 g/mol. The lowest BCUT2D eigenvalue weighted by Crippen LogP contribution is -2.19. The maximum Gasteiger partial charge on any atom is 0.135 e. The van der Waals surface area contributed by atoms with Gasteiger partial charge in [-0.05, 0) is 26.8 Å². The first-order valence-electron chi connectivity index (χ1n) is 4.86. The molecule has 1 aromatic heterocycles. The fourth-order valence-corrected chi connectivity index (χ4v) is 1.31. The van der Waals surface area contributed by atoms with Crippen LogP contribution in [0.5, 0.6) is 0 Å². The molecule has 0 amide bonds. The number of aromatic nitrogens is 2. The van der Waals surface area contributed by atoms with E-state index >= 15 is 0 Å². The summed E-state index contributed by atoms with van der Waals surface area (Å²) in [7, 11) is 2.04. The van der Waals surface area contributed by atoms with Gasteiger partial charge in [-0.3, -0.25) is 0 Å². The molecule has 0 aliphatic heterocycles. The van der Waals surface area contributed by atoms with E-state index in [1.165, 1.54) is 0 Å². The van der Waals surface area contributed by atoms with E-state index in [0.29, 0.717) is 0 Å². The van der Waals surface area contributed by atoms with Crippen molar-refractivity contribution in [1.29, 1.82) is 0 Å². The average Bonchev–Trinajstić information content (AvgIpc) is 2.20. The predicted molar refractivity (Wildman–Crippen MR) is 60.4 cm³/mol. The van der Waals surface area contributed by atoms with Crippen molar-refractivity contribution in [3.05, 3.63) is 23.7 Å². The molecule has 0 aliphatic carbocycles. The zero-order valence-electron chi connectivity index (χ0n) is 9.28.